The first-order valence-corrected chi connectivity index (χ1v) is 10.6. The van der Waals surface area contributed by atoms with Crippen molar-refractivity contribution in [1.29, 1.82) is 0 Å². The summed E-state index contributed by atoms with van der Waals surface area (Å²) in [6.45, 7) is 3.77. The molecule has 0 saturated heterocycles. The van der Waals surface area contributed by atoms with E-state index in [0.717, 1.165) is 22.4 Å². The fourth-order valence-corrected chi connectivity index (χ4v) is 4.36. The zero-order chi connectivity index (χ0) is 21.7. The number of amides is 1. The first kappa shape index (κ1) is 21.9. The highest BCUT2D eigenvalue weighted by Crippen LogP contribution is 2.40. The van der Waals surface area contributed by atoms with Crippen molar-refractivity contribution in [2.75, 3.05) is 19.0 Å². The van der Waals surface area contributed by atoms with Crippen molar-refractivity contribution < 1.29 is 19.1 Å². The molecule has 0 radical (unpaired) electrons. The highest BCUT2D eigenvalue weighted by atomic mass is 35.5. The Labute approximate surface area is 184 Å². The minimum Gasteiger partial charge on any atom is -0.484 e. The third-order valence-electron chi connectivity index (χ3n) is 4.52. The Morgan fingerprint density at radius 2 is 1.90 bits per heavy atom. The maximum absolute atomic E-state index is 12.5. The maximum Gasteiger partial charge on any atom is 0.341 e. The van der Waals surface area contributed by atoms with E-state index in [1.165, 1.54) is 18.4 Å². The molecule has 0 atom stereocenters. The molecule has 1 amide bonds. The van der Waals surface area contributed by atoms with Gasteiger partial charge in [-0.25, -0.2) is 4.79 Å². The van der Waals surface area contributed by atoms with Gasteiger partial charge < -0.3 is 14.8 Å². The highest BCUT2D eigenvalue weighted by molar-refractivity contribution is 7.17. The number of hydrogen-bond acceptors (Lipinski definition) is 5. The molecule has 0 aliphatic rings. The van der Waals surface area contributed by atoms with Gasteiger partial charge in [-0.1, -0.05) is 42.8 Å². The molecule has 0 saturated carbocycles. The molecular formula is C23H22ClNO4S. The fraction of sp³-hybridized carbons (Fsp3) is 0.217. The summed E-state index contributed by atoms with van der Waals surface area (Å²) < 4.78 is 10.6. The monoisotopic (exact) mass is 443 g/mol. The average molecular weight is 444 g/mol. The quantitative estimate of drug-likeness (QED) is 0.472. The van der Waals surface area contributed by atoms with E-state index in [2.05, 4.69) is 12.2 Å². The Hall–Kier alpha value is -2.83. The second-order valence-electron chi connectivity index (χ2n) is 6.58. The van der Waals surface area contributed by atoms with Gasteiger partial charge in [0.1, 0.15) is 16.3 Å². The molecule has 1 N–H and O–H groups in total. The third kappa shape index (κ3) is 5.01. The Balaban J connectivity index is 1.84. The van der Waals surface area contributed by atoms with Crippen LogP contribution in [-0.4, -0.2) is 25.6 Å². The van der Waals surface area contributed by atoms with Crippen LogP contribution in [-0.2, 0) is 16.0 Å². The molecular weight excluding hydrogens is 422 g/mol. The van der Waals surface area contributed by atoms with E-state index >= 15 is 0 Å². The van der Waals surface area contributed by atoms with Crippen molar-refractivity contribution in [2.24, 2.45) is 0 Å². The lowest BCUT2D eigenvalue weighted by atomic mass is 10.0. The van der Waals surface area contributed by atoms with Gasteiger partial charge in [0.25, 0.3) is 5.91 Å². The van der Waals surface area contributed by atoms with E-state index in [1.807, 2.05) is 37.3 Å². The first-order valence-electron chi connectivity index (χ1n) is 9.42. The summed E-state index contributed by atoms with van der Waals surface area (Å²) in [5, 5.41) is 3.77. The van der Waals surface area contributed by atoms with Gasteiger partial charge in [0.15, 0.2) is 6.61 Å². The van der Waals surface area contributed by atoms with Gasteiger partial charge in [-0.05, 0) is 48.7 Å². The standard InChI is InChI=1S/C23H22ClNO4S/c1-4-15-7-5-10-18(11-15)29-13-19(26)25-22-21(23(27)28-3)20(14(2)30-22)16-8-6-9-17(24)12-16/h5-12H,4,13H2,1-3H3,(H,25,26). The number of nitrogens with one attached hydrogen (secondary N) is 1. The summed E-state index contributed by atoms with van der Waals surface area (Å²) in [4.78, 5) is 25.9. The molecule has 30 heavy (non-hydrogen) atoms. The van der Waals surface area contributed by atoms with Gasteiger partial charge >= 0.3 is 5.97 Å². The van der Waals surface area contributed by atoms with Crippen LogP contribution in [0.15, 0.2) is 48.5 Å². The van der Waals surface area contributed by atoms with E-state index in [4.69, 9.17) is 21.1 Å². The molecule has 0 spiro atoms. The molecule has 0 bridgehead atoms. The van der Waals surface area contributed by atoms with Crippen molar-refractivity contribution >= 4 is 39.8 Å². The molecule has 0 aliphatic carbocycles. The largest absolute Gasteiger partial charge is 0.484 e. The second kappa shape index (κ2) is 9.78. The van der Waals surface area contributed by atoms with Gasteiger partial charge in [0, 0.05) is 15.5 Å². The number of halogens is 1. The van der Waals surface area contributed by atoms with Crippen molar-refractivity contribution in [3.05, 3.63) is 69.6 Å². The number of aryl methyl sites for hydroxylation is 2. The molecule has 3 aromatic rings. The molecule has 1 heterocycles. The summed E-state index contributed by atoms with van der Waals surface area (Å²) in [6.07, 6.45) is 0.882. The summed E-state index contributed by atoms with van der Waals surface area (Å²) in [5.41, 5.74) is 2.91. The number of carbonyl (C=O) groups excluding carboxylic acids is 2. The predicted molar refractivity (Wildman–Crippen MR) is 121 cm³/mol. The summed E-state index contributed by atoms with van der Waals surface area (Å²) in [5.74, 6) is -0.262. The lowest BCUT2D eigenvalue weighted by Crippen LogP contribution is -2.21. The number of rotatable bonds is 7. The van der Waals surface area contributed by atoms with Crippen LogP contribution < -0.4 is 10.1 Å². The fourth-order valence-electron chi connectivity index (χ4n) is 3.09. The zero-order valence-corrected chi connectivity index (χ0v) is 18.5. The van der Waals surface area contributed by atoms with Gasteiger partial charge in [0.2, 0.25) is 0 Å². The zero-order valence-electron chi connectivity index (χ0n) is 17.0. The molecule has 2 aromatic carbocycles. The van der Waals surface area contributed by atoms with Gasteiger partial charge in [-0.2, -0.15) is 0 Å². The molecule has 3 rings (SSSR count). The van der Waals surface area contributed by atoms with Crippen LogP contribution in [0.3, 0.4) is 0 Å². The first-order chi connectivity index (χ1) is 14.4. The molecule has 0 fully saturated rings. The molecule has 0 aliphatic heterocycles. The van der Waals surface area contributed by atoms with Crippen molar-refractivity contribution in [2.45, 2.75) is 20.3 Å². The number of carbonyl (C=O) groups is 2. The number of anilines is 1. The summed E-state index contributed by atoms with van der Waals surface area (Å²) in [7, 11) is 1.31. The third-order valence-corrected chi connectivity index (χ3v) is 5.77. The minimum atomic E-state index is -0.527. The second-order valence-corrected chi connectivity index (χ2v) is 8.24. The predicted octanol–water partition coefficient (Wildman–Crippen LogP) is 5.74. The normalized spacial score (nSPS) is 10.5. The Morgan fingerprint density at radius 1 is 1.13 bits per heavy atom. The lowest BCUT2D eigenvalue weighted by Gasteiger charge is -2.10. The van der Waals surface area contributed by atoms with Crippen LogP contribution in [0.2, 0.25) is 5.02 Å². The van der Waals surface area contributed by atoms with Crippen LogP contribution >= 0.6 is 22.9 Å². The number of methoxy groups -OCH3 is 1. The van der Waals surface area contributed by atoms with Crippen molar-refractivity contribution in [3.63, 3.8) is 0 Å². The van der Waals surface area contributed by atoms with E-state index < -0.39 is 5.97 Å². The maximum atomic E-state index is 12.5. The summed E-state index contributed by atoms with van der Waals surface area (Å²) in [6, 6.07) is 14.8. The topological polar surface area (TPSA) is 64.6 Å². The van der Waals surface area contributed by atoms with E-state index in [1.54, 1.807) is 18.2 Å². The highest BCUT2D eigenvalue weighted by Gasteiger charge is 2.25. The molecule has 0 unspecified atom stereocenters. The van der Waals surface area contributed by atoms with E-state index in [9.17, 15) is 9.59 Å². The van der Waals surface area contributed by atoms with Gasteiger partial charge in [-0.15, -0.1) is 11.3 Å². The van der Waals surface area contributed by atoms with E-state index in [-0.39, 0.29) is 12.5 Å². The van der Waals surface area contributed by atoms with Crippen LogP contribution in [0.5, 0.6) is 5.75 Å². The average Bonchev–Trinajstić information content (AvgIpc) is 3.07. The number of ether oxygens (including phenoxy) is 2. The van der Waals surface area contributed by atoms with Crippen LogP contribution in [0.1, 0.15) is 27.7 Å². The van der Waals surface area contributed by atoms with Crippen LogP contribution in [0.25, 0.3) is 11.1 Å². The number of esters is 1. The van der Waals surface area contributed by atoms with Gasteiger partial charge in [-0.3, -0.25) is 4.79 Å². The van der Waals surface area contributed by atoms with Crippen molar-refractivity contribution in [3.8, 4) is 16.9 Å². The van der Waals surface area contributed by atoms with E-state index in [0.29, 0.717) is 26.9 Å². The number of hydrogen-bond donors (Lipinski definition) is 1. The van der Waals surface area contributed by atoms with Crippen LogP contribution in [0, 0.1) is 6.92 Å². The number of thiophene rings is 1. The van der Waals surface area contributed by atoms with Crippen molar-refractivity contribution in [1.82, 2.24) is 0 Å². The molecule has 1 aromatic heterocycles. The summed E-state index contributed by atoms with van der Waals surface area (Å²) >= 11 is 7.44. The van der Waals surface area contributed by atoms with Gasteiger partial charge in [0.05, 0.1) is 7.11 Å². The molecule has 7 heteroatoms. The molecule has 156 valence electrons. The smallest absolute Gasteiger partial charge is 0.341 e. The SMILES string of the molecule is CCc1cccc(OCC(=O)Nc2sc(C)c(-c3cccc(Cl)c3)c2C(=O)OC)c1. The Kier molecular flexibility index (Phi) is 7.13. The Morgan fingerprint density at radius 3 is 2.60 bits per heavy atom. The molecule has 5 nitrogen and oxygen atoms in total. The number of benzene rings is 2. The van der Waals surface area contributed by atoms with Crippen LogP contribution in [0.4, 0.5) is 5.00 Å². The lowest BCUT2D eigenvalue weighted by molar-refractivity contribution is -0.118. The minimum absolute atomic E-state index is 0.169. The Bertz CT molecular complexity index is 1080.